The summed E-state index contributed by atoms with van der Waals surface area (Å²) in [6.07, 6.45) is 0. The minimum atomic E-state index is 0.564. The van der Waals surface area contributed by atoms with Gasteiger partial charge in [0.15, 0.2) is 5.65 Å². The van der Waals surface area contributed by atoms with Gasteiger partial charge in [-0.3, -0.25) is 13.5 Å². The number of hydrogen-bond acceptors (Lipinski definition) is 4. The van der Waals surface area contributed by atoms with Crippen LogP contribution in [0.15, 0.2) is 186 Å². The Kier molecular flexibility index (Phi) is 6.50. The Morgan fingerprint density at radius 1 is 0.393 bits per heavy atom. The molecule has 262 valence electrons. The van der Waals surface area contributed by atoms with E-state index in [2.05, 4.69) is 141 Å². The molecule has 7 nitrogen and oxygen atoms in total. The van der Waals surface area contributed by atoms with Crippen LogP contribution in [0.3, 0.4) is 0 Å². The molecule has 7 heteroatoms. The second-order valence-electron chi connectivity index (χ2n) is 14.1. The number of fused-ring (bicyclic) bond motifs is 10. The third-order valence-corrected chi connectivity index (χ3v) is 10.9. The van der Waals surface area contributed by atoms with Gasteiger partial charge in [0.05, 0.1) is 27.9 Å². The summed E-state index contributed by atoms with van der Waals surface area (Å²) in [4.78, 5) is 16.0. The van der Waals surface area contributed by atoms with Crippen LogP contribution in [-0.2, 0) is 0 Å². The summed E-state index contributed by atoms with van der Waals surface area (Å²) in [7, 11) is 0. The number of aromatic nitrogens is 6. The van der Waals surface area contributed by atoms with Crippen LogP contribution in [0, 0.1) is 0 Å². The van der Waals surface area contributed by atoms with Crippen molar-refractivity contribution in [3.05, 3.63) is 182 Å². The van der Waals surface area contributed by atoms with E-state index in [0.717, 1.165) is 100 Å². The molecule has 0 unspecified atom stereocenters. The van der Waals surface area contributed by atoms with Crippen LogP contribution in [0.5, 0.6) is 0 Å². The maximum atomic E-state index is 6.18. The minimum absolute atomic E-state index is 0.564. The van der Waals surface area contributed by atoms with Gasteiger partial charge in [0.1, 0.15) is 16.7 Å². The standard InChI is InChI=1S/C49H30N6O/c1-4-14-31(15-5-1)39-30-40(32-16-6-2-7-17-32)51-48(50-39)55-41-22-12-10-21-37(41)46-47(55)52-49-53(35-18-8-3-9-19-35)42-26-24-34(29-43(42)54(46)49)33-25-27-45-38(28-33)36-20-11-13-23-44(36)56-45/h1-30H. The maximum absolute atomic E-state index is 6.18. The molecular weight excluding hydrogens is 689 g/mol. The van der Waals surface area contributed by atoms with E-state index in [-0.39, 0.29) is 0 Å². The SMILES string of the molecule is c1ccc(-c2cc(-c3ccccc3)nc(-n3c4ccccc4c4c3nc3n(-c5ccccc5)c5ccc(-c6ccc7oc8ccccc8c7c6)cc5n43)n2)cc1. The summed E-state index contributed by atoms with van der Waals surface area (Å²) < 4.78 is 12.9. The van der Waals surface area contributed by atoms with Crippen LogP contribution in [0.1, 0.15) is 0 Å². The molecule has 0 aliphatic rings. The van der Waals surface area contributed by atoms with Crippen molar-refractivity contribution in [3.8, 4) is 45.3 Å². The topological polar surface area (TPSA) is 66.1 Å². The second kappa shape index (κ2) is 11.9. The van der Waals surface area contributed by atoms with Crippen molar-refractivity contribution in [1.82, 2.24) is 28.5 Å². The number of furan rings is 1. The molecule has 0 fully saturated rings. The van der Waals surface area contributed by atoms with Crippen molar-refractivity contribution in [2.75, 3.05) is 0 Å². The average molecular weight is 719 g/mol. The molecule has 12 rings (SSSR count). The molecule has 5 aromatic heterocycles. The number of hydrogen-bond donors (Lipinski definition) is 0. The Morgan fingerprint density at radius 2 is 1.00 bits per heavy atom. The smallest absolute Gasteiger partial charge is 0.237 e. The van der Waals surface area contributed by atoms with E-state index in [1.54, 1.807) is 0 Å². The summed E-state index contributed by atoms with van der Waals surface area (Å²) in [5.41, 5.74) is 13.6. The molecule has 0 aliphatic carbocycles. The molecule has 56 heavy (non-hydrogen) atoms. The Balaban J connectivity index is 1.16. The molecule has 0 atom stereocenters. The van der Waals surface area contributed by atoms with Crippen LogP contribution in [0.2, 0.25) is 0 Å². The highest BCUT2D eigenvalue weighted by Crippen LogP contribution is 2.39. The van der Waals surface area contributed by atoms with Gasteiger partial charge in [0, 0.05) is 33.0 Å². The van der Waals surface area contributed by atoms with Crippen LogP contribution in [-0.4, -0.2) is 28.5 Å². The fraction of sp³-hybridized carbons (Fsp3) is 0. The highest BCUT2D eigenvalue weighted by molar-refractivity contribution is 6.10. The summed E-state index contributed by atoms with van der Waals surface area (Å²) in [5, 5.41) is 3.28. The van der Waals surface area contributed by atoms with E-state index >= 15 is 0 Å². The van der Waals surface area contributed by atoms with Gasteiger partial charge >= 0.3 is 0 Å². The van der Waals surface area contributed by atoms with Crippen LogP contribution in [0.25, 0.3) is 106 Å². The van der Waals surface area contributed by atoms with Gasteiger partial charge in [-0.25, -0.2) is 9.97 Å². The number of imidazole rings is 2. The molecule has 0 bridgehead atoms. The monoisotopic (exact) mass is 718 g/mol. The molecule has 0 saturated heterocycles. The first-order valence-corrected chi connectivity index (χ1v) is 18.7. The Bertz CT molecular complexity index is 3410. The lowest BCUT2D eigenvalue weighted by Crippen LogP contribution is -2.04. The number of nitrogens with zero attached hydrogens (tertiary/aromatic N) is 6. The van der Waals surface area contributed by atoms with Gasteiger partial charge in [-0.2, -0.15) is 4.98 Å². The average Bonchev–Trinajstić information content (AvgIpc) is 4.00. The van der Waals surface area contributed by atoms with Crippen molar-refractivity contribution < 1.29 is 4.42 Å². The number of benzene rings is 7. The molecule has 12 aromatic rings. The minimum Gasteiger partial charge on any atom is -0.456 e. The lowest BCUT2D eigenvalue weighted by atomic mass is 10.0. The van der Waals surface area contributed by atoms with Gasteiger partial charge in [0.25, 0.3) is 0 Å². The summed E-state index contributed by atoms with van der Waals surface area (Å²) in [6.45, 7) is 0. The largest absolute Gasteiger partial charge is 0.456 e. The van der Waals surface area contributed by atoms with Crippen molar-refractivity contribution in [2.24, 2.45) is 0 Å². The van der Waals surface area contributed by atoms with E-state index < -0.39 is 0 Å². The first kappa shape index (κ1) is 30.7. The zero-order valence-corrected chi connectivity index (χ0v) is 29.9. The lowest BCUT2D eigenvalue weighted by Gasteiger charge is -2.11. The van der Waals surface area contributed by atoms with E-state index in [9.17, 15) is 0 Å². The quantitative estimate of drug-likeness (QED) is 0.178. The Labute approximate surface area is 320 Å². The first-order valence-electron chi connectivity index (χ1n) is 18.7. The zero-order chi connectivity index (χ0) is 36.7. The molecule has 0 N–H and O–H groups in total. The second-order valence-corrected chi connectivity index (χ2v) is 14.1. The highest BCUT2D eigenvalue weighted by Gasteiger charge is 2.25. The van der Waals surface area contributed by atoms with E-state index in [1.165, 1.54) is 0 Å². The molecule has 0 spiro atoms. The van der Waals surface area contributed by atoms with E-state index in [4.69, 9.17) is 19.4 Å². The van der Waals surface area contributed by atoms with Crippen molar-refractivity contribution >= 4 is 60.8 Å². The predicted molar refractivity (Wildman–Crippen MR) is 226 cm³/mol. The summed E-state index contributed by atoms with van der Waals surface area (Å²) in [5.74, 6) is 1.38. The Morgan fingerprint density at radius 3 is 1.75 bits per heavy atom. The van der Waals surface area contributed by atoms with E-state index in [0.29, 0.717) is 5.95 Å². The molecule has 7 aromatic carbocycles. The highest BCUT2D eigenvalue weighted by atomic mass is 16.3. The maximum Gasteiger partial charge on any atom is 0.237 e. The number of para-hydroxylation sites is 3. The van der Waals surface area contributed by atoms with Crippen LogP contribution in [0.4, 0.5) is 0 Å². The summed E-state index contributed by atoms with van der Waals surface area (Å²) in [6, 6.07) is 63.0. The molecule has 0 saturated carbocycles. The van der Waals surface area contributed by atoms with Gasteiger partial charge in [-0.15, -0.1) is 0 Å². The van der Waals surface area contributed by atoms with Gasteiger partial charge in [-0.05, 0) is 65.7 Å². The van der Waals surface area contributed by atoms with E-state index in [1.807, 2.05) is 54.6 Å². The normalized spacial score (nSPS) is 11.9. The third kappa shape index (κ3) is 4.55. The van der Waals surface area contributed by atoms with Crippen molar-refractivity contribution in [2.45, 2.75) is 0 Å². The predicted octanol–water partition coefficient (Wildman–Crippen LogP) is 12.1. The molecule has 0 aliphatic heterocycles. The zero-order valence-electron chi connectivity index (χ0n) is 29.9. The third-order valence-electron chi connectivity index (χ3n) is 10.9. The fourth-order valence-corrected chi connectivity index (χ4v) is 8.32. The molecular formula is C49H30N6O. The molecule has 0 radical (unpaired) electrons. The van der Waals surface area contributed by atoms with Crippen molar-refractivity contribution in [1.29, 1.82) is 0 Å². The lowest BCUT2D eigenvalue weighted by molar-refractivity contribution is 0.669. The van der Waals surface area contributed by atoms with Crippen LogP contribution < -0.4 is 0 Å². The number of rotatable bonds is 5. The van der Waals surface area contributed by atoms with Crippen molar-refractivity contribution in [3.63, 3.8) is 0 Å². The van der Waals surface area contributed by atoms with Gasteiger partial charge < -0.3 is 4.42 Å². The molecule has 5 heterocycles. The van der Waals surface area contributed by atoms with Gasteiger partial charge in [-0.1, -0.05) is 127 Å². The fourth-order valence-electron chi connectivity index (χ4n) is 8.32. The van der Waals surface area contributed by atoms with Crippen LogP contribution >= 0.6 is 0 Å². The molecule has 0 amide bonds. The van der Waals surface area contributed by atoms with Gasteiger partial charge in [0.2, 0.25) is 11.7 Å². The Hall–Kier alpha value is -7.77. The first-order chi connectivity index (χ1) is 27.8. The summed E-state index contributed by atoms with van der Waals surface area (Å²) >= 11 is 0.